The molecule has 0 N–H and O–H groups in total. The topological polar surface area (TPSA) is 37.4 Å². The Kier molecular flexibility index (Phi) is 2.25. The second-order valence-corrected chi connectivity index (χ2v) is 6.32. The van der Waals surface area contributed by atoms with E-state index in [0.29, 0.717) is 0 Å². The predicted octanol–water partition coefficient (Wildman–Crippen LogP) is 1.21. The van der Waals surface area contributed by atoms with Crippen LogP contribution in [-0.2, 0) is 10.0 Å². The summed E-state index contributed by atoms with van der Waals surface area (Å²) >= 11 is 0. The van der Waals surface area contributed by atoms with Crippen molar-refractivity contribution in [3.8, 4) is 0 Å². The molecule has 0 amide bonds. The average Bonchev–Trinajstić information content (AvgIpc) is 2.38. The Morgan fingerprint density at radius 2 is 1.67 bits per heavy atom. The van der Waals surface area contributed by atoms with Crippen LogP contribution >= 0.6 is 0 Å². The van der Waals surface area contributed by atoms with E-state index in [2.05, 4.69) is 0 Å². The molecule has 0 radical (unpaired) electrons. The Bertz CT molecular complexity index is 259. The third kappa shape index (κ3) is 2.20. The largest absolute Gasteiger partial charge is 0.212 e. The van der Waals surface area contributed by atoms with Gasteiger partial charge in [-0.1, -0.05) is 0 Å². The minimum Gasteiger partial charge on any atom is -0.212 e. The van der Waals surface area contributed by atoms with Crippen LogP contribution in [0.3, 0.4) is 0 Å². The first-order valence-electron chi connectivity index (χ1n) is 4.22. The minimum atomic E-state index is -3.03. The summed E-state index contributed by atoms with van der Waals surface area (Å²) in [7, 11) is -3.03. The lowest BCUT2D eigenvalue weighted by Crippen LogP contribution is -2.46. The summed E-state index contributed by atoms with van der Waals surface area (Å²) in [6.07, 6.45) is 3.32. The quantitative estimate of drug-likeness (QED) is 0.658. The standard InChI is InChI=1S/C8H17NO2S/c1-8(2,3)9(7-5-6-7)12(4,10)11/h7H,5-6H2,1-4H3. The van der Waals surface area contributed by atoms with Gasteiger partial charge in [-0.05, 0) is 33.6 Å². The van der Waals surface area contributed by atoms with Gasteiger partial charge >= 0.3 is 0 Å². The van der Waals surface area contributed by atoms with Crippen LogP contribution in [0, 0.1) is 0 Å². The van der Waals surface area contributed by atoms with Crippen molar-refractivity contribution in [1.82, 2.24) is 4.31 Å². The van der Waals surface area contributed by atoms with Crippen molar-refractivity contribution in [2.24, 2.45) is 0 Å². The van der Waals surface area contributed by atoms with E-state index in [1.165, 1.54) is 6.26 Å². The van der Waals surface area contributed by atoms with Gasteiger partial charge in [-0.15, -0.1) is 0 Å². The molecular formula is C8H17NO2S. The molecular weight excluding hydrogens is 174 g/mol. The van der Waals surface area contributed by atoms with Gasteiger partial charge in [0, 0.05) is 11.6 Å². The summed E-state index contributed by atoms with van der Waals surface area (Å²) < 4.78 is 24.4. The molecule has 0 spiro atoms. The van der Waals surface area contributed by atoms with Crippen LogP contribution in [0.2, 0.25) is 0 Å². The van der Waals surface area contributed by atoms with Gasteiger partial charge in [-0.25, -0.2) is 8.42 Å². The molecule has 0 aliphatic heterocycles. The SMILES string of the molecule is CC(C)(C)N(C1CC1)S(C)(=O)=O. The van der Waals surface area contributed by atoms with E-state index in [0.717, 1.165) is 12.8 Å². The van der Waals surface area contributed by atoms with Gasteiger partial charge < -0.3 is 0 Å². The Morgan fingerprint density at radius 1 is 1.25 bits per heavy atom. The first kappa shape index (κ1) is 9.99. The minimum absolute atomic E-state index is 0.264. The van der Waals surface area contributed by atoms with Gasteiger partial charge in [0.15, 0.2) is 0 Å². The van der Waals surface area contributed by atoms with E-state index in [1.54, 1.807) is 4.31 Å². The molecule has 0 saturated heterocycles. The number of nitrogens with zero attached hydrogens (tertiary/aromatic N) is 1. The van der Waals surface area contributed by atoms with Crippen molar-refractivity contribution >= 4 is 10.0 Å². The molecule has 72 valence electrons. The molecule has 0 aromatic heterocycles. The molecule has 12 heavy (non-hydrogen) atoms. The van der Waals surface area contributed by atoms with Gasteiger partial charge in [0.2, 0.25) is 10.0 Å². The molecule has 0 bridgehead atoms. The lowest BCUT2D eigenvalue weighted by Gasteiger charge is -2.33. The van der Waals surface area contributed by atoms with Crippen molar-refractivity contribution in [3.63, 3.8) is 0 Å². The van der Waals surface area contributed by atoms with Crippen molar-refractivity contribution in [2.45, 2.75) is 45.2 Å². The molecule has 1 aliphatic rings. The summed E-state index contributed by atoms with van der Waals surface area (Å²) in [5.41, 5.74) is -0.269. The smallest absolute Gasteiger partial charge is 0.211 e. The fraction of sp³-hybridized carbons (Fsp3) is 1.00. The molecule has 0 heterocycles. The molecule has 1 rings (SSSR count). The lowest BCUT2D eigenvalue weighted by molar-refractivity contribution is 0.243. The second kappa shape index (κ2) is 2.70. The zero-order chi connectivity index (χ0) is 9.57. The van der Waals surface area contributed by atoms with Crippen molar-refractivity contribution in [3.05, 3.63) is 0 Å². The molecule has 1 saturated carbocycles. The summed E-state index contributed by atoms with van der Waals surface area (Å²) in [6.45, 7) is 5.81. The van der Waals surface area contributed by atoms with E-state index < -0.39 is 10.0 Å². The molecule has 0 atom stereocenters. The molecule has 0 unspecified atom stereocenters. The average molecular weight is 191 g/mol. The molecule has 0 aromatic rings. The van der Waals surface area contributed by atoms with Crippen LogP contribution in [0.5, 0.6) is 0 Å². The van der Waals surface area contributed by atoms with Crippen LogP contribution < -0.4 is 0 Å². The van der Waals surface area contributed by atoms with Gasteiger partial charge in [0.1, 0.15) is 0 Å². The zero-order valence-corrected chi connectivity index (χ0v) is 8.98. The number of hydrogen-bond donors (Lipinski definition) is 0. The van der Waals surface area contributed by atoms with E-state index in [1.807, 2.05) is 20.8 Å². The summed E-state index contributed by atoms with van der Waals surface area (Å²) in [5.74, 6) is 0. The Labute approximate surface area is 74.8 Å². The molecule has 1 fully saturated rings. The third-order valence-electron chi connectivity index (χ3n) is 1.90. The molecule has 3 nitrogen and oxygen atoms in total. The van der Waals surface area contributed by atoms with Gasteiger partial charge in [0.05, 0.1) is 6.26 Å². The number of rotatable bonds is 2. The molecule has 0 aromatic carbocycles. The van der Waals surface area contributed by atoms with Crippen LogP contribution in [0.1, 0.15) is 33.6 Å². The zero-order valence-electron chi connectivity index (χ0n) is 8.16. The van der Waals surface area contributed by atoms with E-state index in [4.69, 9.17) is 0 Å². The van der Waals surface area contributed by atoms with E-state index in [9.17, 15) is 8.42 Å². The maximum atomic E-state index is 11.4. The van der Waals surface area contributed by atoms with Crippen LogP contribution in [-0.4, -0.2) is 30.6 Å². The second-order valence-electron chi connectivity index (χ2n) is 4.46. The van der Waals surface area contributed by atoms with Crippen molar-refractivity contribution in [2.75, 3.05) is 6.26 Å². The lowest BCUT2D eigenvalue weighted by atomic mass is 10.1. The maximum Gasteiger partial charge on any atom is 0.211 e. The third-order valence-corrected chi connectivity index (χ3v) is 3.46. The highest BCUT2D eigenvalue weighted by atomic mass is 32.2. The monoisotopic (exact) mass is 191 g/mol. The maximum absolute atomic E-state index is 11.4. The van der Waals surface area contributed by atoms with Crippen LogP contribution in [0.25, 0.3) is 0 Å². The van der Waals surface area contributed by atoms with Gasteiger partial charge in [-0.3, -0.25) is 0 Å². The Morgan fingerprint density at radius 3 is 1.75 bits per heavy atom. The summed E-state index contributed by atoms with van der Waals surface area (Å²) in [5, 5.41) is 0. The van der Waals surface area contributed by atoms with E-state index >= 15 is 0 Å². The van der Waals surface area contributed by atoms with Crippen LogP contribution in [0.15, 0.2) is 0 Å². The van der Waals surface area contributed by atoms with Gasteiger partial charge in [-0.2, -0.15) is 4.31 Å². The highest BCUT2D eigenvalue weighted by molar-refractivity contribution is 7.88. The van der Waals surface area contributed by atoms with Crippen molar-refractivity contribution < 1.29 is 8.42 Å². The fourth-order valence-electron chi connectivity index (χ4n) is 1.63. The first-order chi connectivity index (χ1) is 5.23. The predicted molar refractivity (Wildman–Crippen MR) is 49.5 cm³/mol. The molecule has 1 aliphatic carbocycles. The van der Waals surface area contributed by atoms with Gasteiger partial charge in [0.25, 0.3) is 0 Å². The molecule has 4 heteroatoms. The van der Waals surface area contributed by atoms with Crippen LogP contribution in [0.4, 0.5) is 0 Å². The van der Waals surface area contributed by atoms with E-state index in [-0.39, 0.29) is 11.6 Å². The number of hydrogen-bond acceptors (Lipinski definition) is 2. The summed E-state index contributed by atoms with van der Waals surface area (Å²) in [4.78, 5) is 0. The van der Waals surface area contributed by atoms with Crippen molar-refractivity contribution in [1.29, 1.82) is 0 Å². The highest BCUT2D eigenvalue weighted by Gasteiger charge is 2.41. The fourth-order valence-corrected chi connectivity index (χ4v) is 3.37. The number of sulfonamides is 1. The first-order valence-corrected chi connectivity index (χ1v) is 6.07. The summed E-state index contributed by atoms with van der Waals surface area (Å²) in [6, 6.07) is 0.264. The Balaban J connectivity index is 2.90. The highest BCUT2D eigenvalue weighted by Crippen LogP contribution is 2.34. The Hall–Kier alpha value is -0.0900. The normalized spacial score (nSPS) is 20.1.